The maximum atomic E-state index is 11.2. The lowest BCUT2D eigenvalue weighted by molar-refractivity contribution is 0.0888. The maximum absolute atomic E-state index is 11.2. The van der Waals surface area contributed by atoms with Crippen molar-refractivity contribution in [1.29, 1.82) is 0 Å². The zero-order chi connectivity index (χ0) is 12.2. The zero-order valence-electron chi connectivity index (χ0n) is 10.4. The van der Waals surface area contributed by atoms with Crippen LogP contribution < -0.4 is 5.73 Å². The SMILES string of the molecule is CN(CCS(C)(=O)=O)C1(CN)CCCCC1. The third-order valence-corrected chi connectivity index (χ3v) is 4.70. The number of hydrogen-bond acceptors (Lipinski definition) is 4. The van der Waals surface area contributed by atoms with Crippen molar-refractivity contribution in [3.8, 4) is 0 Å². The van der Waals surface area contributed by atoms with Crippen LogP contribution in [0.2, 0.25) is 0 Å². The van der Waals surface area contributed by atoms with Crippen LogP contribution in [-0.2, 0) is 9.84 Å². The molecule has 0 aromatic carbocycles. The first kappa shape index (κ1) is 13.9. The van der Waals surface area contributed by atoms with Crippen molar-refractivity contribution >= 4 is 9.84 Å². The molecule has 0 aromatic rings. The van der Waals surface area contributed by atoms with Gasteiger partial charge in [0.1, 0.15) is 9.84 Å². The standard InChI is InChI=1S/C11H24N2O2S/c1-13(8-9-16(2,14)15)11(10-12)6-4-3-5-7-11/h3-10,12H2,1-2H3. The van der Waals surface area contributed by atoms with Crippen LogP contribution in [0.5, 0.6) is 0 Å². The van der Waals surface area contributed by atoms with E-state index in [1.165, 1.54) is 25.5 Å². The average molecular weight is 248 g/mol. The summed E-state index contributed by atoms with van der Waals surface area (Å²) in [6.45, 7) is 1.23. The Labute approximate surface area is 99.1 Å². The van der Waals surface area contributed by atoms with Gasteiger partial charge in [0.15, 0.2) is 0 Å². The smallest absolute Gasteiger partial charge is 0.148 e. The van der Waals surface area contributed by atoms with Crippen LogP contribution in [0.15, 0.2) is 0 Å². The highest BCUT2D eigenvalue weighted by molar-refractivity contribution is 7.90. The second-order valence-electron chi connectivity index (χ2n) is 5.04. The van der Waals surface area contributed by atoms with E-state index in [0.717, 1.165) is 12.8 Å². The predicted octanol–water partition coefficient (Wildman–Crippen LogP) is 0.624. The normalized spacial score (nSPS) is 21.2. The lowest BCUT2D eigenvalue weighted by Crippen LogP contribution is -2.54. The number of hydrogen-bond donors (Lipinski definition) is 1. The number of nitrogens with two attached hydrogens (primary N) is 1. The molecule has 1 saturated carbocycles. The monoisotopic (exact) mass is 248 g/mol. The van der Waals surface area contributed by atoms with Crippen LogP contribution in [0.3, 0.4) is 0 Å². The largest absolute Gasteiger partial charge is 0.329 e. The molecule has 4 nitrogen and oxygen atoms in total. The van der Waals surface area contributed by atoms with E-state index >= 15 is 0 Å². The first-order chi connectivity index (χ1) is 7.40. The summed E-state index contributed by atoms with van der Waals surface area (Å²) in [6, 6.07) is 0. The summed E-state index contributed by atoms with van der Waals surface area (Å²) in [6.07, 6.45) is 7.19. The summed E-state index contributed by atoms with van der Waals surface area (Å²) in [5.74, 6) is 0.227. The first-order valence-electron chi connectivity index (χ1n) is 5.99. The first-order valence-corrected chi connectivity index (χ1v) is 8.05. The third kappa shape index (κ3) is 3.71. The fraction of sp³-hybridized carbons (Fsp3) is 1.00. The van der Waals surface area contributed by atoms with E-state index in [9.17, 15) is 8.42 Å². The van der Waals surface area contributed by atoms with Gasteiger partial charge in [-0.05, 0) is 19.9 Å². The third-order valence-electron chi connectivity index (χ3n) is 3.77. The molecule has 2 N–H and O–H groups in total. The van der Waals surface area contributed by atoms with Crippen LogP contribution in [0.25, 0.3) is 0 Å². The van der Waals surface area contributed by atoms with E-state index in [0.29, 0.717) is 13.1 Å². The Morgan fingerprint density at radius 3 is 2.25 bits per heavy atom. The zero-order valence-corrected chi connectivity index (χ0v) is 11.2. The maximum Gasteiger partial charge on any atom is 0.148 e. The van der Waals surface area contributed by atoms with Crippen molar-refractivity contribution in [2.45, 2.75) is 37.6 Å². The van der Waals surface area contributed by atoms with Crippen LogP contribution in [0.4, 0.5) is 0 Å². The Morgan fingerprint density at radius 2 is 1.81 bits per heavy atom. The van der Waals surface area contributed by atoms with Crippen molar-refractivity contribution in [3.05, 3.63) is 0 Å². The summed E-state index contributed by atoms with van der Waals surface area (Å²) in [5, 5.41) is 0. The van der Waals surface area contributed by atoms with Crippen LogP contribution in [0, 0.1) is 0 Å². The van der Waals surface area contributed by atoms with Gasteiger partial charge in [-0.15, -0.1) is 0 Å². The van der Waals surface area contributed by atoms with Gasteiger partial charge in [0, 0.05) is 24.9 Å². The highest BCUT2D eigenvalue weighted by Crippen LogP contribution is 2.31. The molecule has 1 fully saturated rings. The lowest BCUT2D eigenvalue weighted by Gasteiger charge is -2.44. The van der Waals surface area contributed by atoms with E-state index in [2.05, 4.69) is 4.90 Å². The van der Waals surface area contributed by atoms with Gasteiger partial charge in [0.05, 0.1) is 5.75 Å². The molecule has 0 bridgehead atoms. The molecular formula is C11H24N2O2S. The molecular weight excluding hydrogens is 224 g/mol. The Balaban J connectivity index is 2.58. The van der Waals surface area contributed by atoms with Crippen molar-refractivity contribution in [1.82, 2.24) is 4.90 Å². The second kappa shape index (κ2) is 5.47. The molecule has 1 aliphatic rings. The molecule has 0 aromatic heterocycles. The second-order valence-corrected chi connectivity index (χ2v) is 7.30. The van der Waals surface area contributed by atoms with Gasteiger partial charge in [0.2, 0.25) is 0 Å². The number of likely N-dealkylation sites (N-methyl/N-ethyl adjacent to an activating group) is 1. The topological polar surface area (TPSA) is 63.4 Å². The molecule has 0 aliphatic heterocycles. The van der Waals surface area contributed by atoms with Gasteiger partial charge >= 0.3 is 0 Å². The average Bonchev–Trinajstić information content (AvgIpc) is 2.25. The molecule has 0 saturated heterocycles. The van der Waals surface area contributed by atoms with Crippen LogP contribution in [0.1, 0.15) is 32.1 Å². The Kier molecular flexibility index (Phi) is 4.76. The molecule has 16 heavy (non-hydrogen) atoms. The van der Waals surface area contributed by atoms with Gasteiger partial charge in [-0.25, -0.2) is 8.42 Å². The lowest BCUT2D eigenvalue weighted by atomic mass is 9.80. The van der Waals surface area contributed by atoms with Crippen LogP contribution in [-0.4, -0.2) is 51.0 Å². The molecule has 0 unspecified atom stereocenters. The van der Waals surface area contributed by atoms with Crippen molar-refractivity contribution in [2.75, 3.05) is 32.1 Å². The fourth-order valence-electron chi connectivity index (χ4n) is 2.49. The Hall–Kier alpha value is -0.130. The molecule has 96 valence electrons. The summed E-state index contributed by atoms with van der Waals surface area (Å²) in [7, 11) is -0.872. The summed E-state index contributed by atoms with van der Waals surface area (Å²) in [5.41, 5.74) is 5.93. The highest BCUT2D eigenvalue weighted by atomic mass is 32.2. The van der Waals surface area contributed by atoms with E-state index < -0.39 is 9.84 Å². The van der Waals surface area contributed by atoms with E-state index in [4.69, 9.17) is 5.73 Å². The van der Waals surface area contributed by atoms with E-state index in [-0.39, 0.29) is 11.3 Å². The molecule has 5 heteroatoms. The molecule has 0 atom stereocenters. The summed E-state index contributed by atoms with van der Waals surface area (Å²) < 4.78 is 22.3. The van der Waals surface area contributed by atoms with Gasteiger partial charge in [-0.1, -0.05) is 19.3 Å². The van der Waals surface area contributed by atoms with Crippen molar-refractivity contribution in [2.24, 2.45) is 5.73 Å². The molecule has 0 radical (unpaired) electrons. The fourth-order valence-corrected chi connectivity index (χ4v) is 3.10. The minimum Gasteiger partial charge on any atom is -0.329 e. The van der Waals surface area contributed by atoms with Gasteiger partial charge in [0.25, 0.3) is 0 Å². The van der Waals surface area contributed by atoms with E-state index in [1.807, 2.05) is 7.05 Å². The summed E-state index contributed by atoms with van der Waals surface area (Å²) in [4.78, 5) is 2.16. The quantitative estimate of drug-likeness (QED) is 0.775. The van der Waals surface area contributed by atoms with E-state index in [1.54, 1.807) is 0 Å². The predicted molar refractivity (Wildman–Crippen MR) is 67.2 cm³/mol. The number of rotatable bonds is 5. The molecule has 0 amide bonds. The molecule has 0 spiro atoms. The number of nitrogens with zero attached hydrogens (tertiary/aromatic N) is 1. The van der Waals surface area contributed by atoms with Crippen molar-refractivity contribution in [3.63, 3.8) is 0 Å². The summed E-state index contributed by atoms with van der Waals surface area (Å²) >= 11 is 0. The van der Waals surface area contributed by atoms with Crippen LogP contribution >= 0.6 is 0 Å². The van der Waals surface area contributed by atoms with Gasteiger partial charge in [-0.2, -0.15) is 0 Å². The minimum absolute atomic E-state index is 0.0446. The molecule has 0 heterocycles. The van der Waals surface area contributed by atoms with Gasteiger partial charge in [-0.3, -0.25) is 4.90 Å². The number of sulfone groups is 1. The molecule has 1 rings (SSSR count). The Morgan fingerprint density at radius 1 is 1.25 bits per heavy atom. The van der Waals surface area contributed by atoms with Crippen molar-refractivity contribution < 1.29 is 8.42 Å². The van der Waals surface area contributed by atoms with Gasteiger partial charge < -0.3 is 5.73 Å². The minimum atomic E-state index is -2.88. The Bertz CT molecular complexity index is 308. The molecule has 1 aliphatic carbocycles. The highest BCUT2D eigenvalue weighted by Gasteiger charge is 2.34.